The molecule has 27 heavy (non-hydrogen) atoms. The van der Waals surface area contributed by atoms with E-state index in [1.807, 2.05) is 7.05 Å². The molecule has 8 heteroatoms. The molecule has 3 saturated heterocycles. The van der Waals surface area contributed by atoms with E-state index in [2.05, 4.69) is 27.0 Å². The zero-order valence-electron chi connectivity index (χ0n) is 16.9. The second-order valence-electron chi connectivity index (χ2n) is 7.94. The predicted octanol–water partition coefficient (Wildman–Crippen LogP) is 1.57. The summed E-state index contributed by atoms with van der Waals surface area (Å²) < 4.78 is 10.6. The van der Waals surface area contributed by atoms with Crippen LogP contribution in [0.3, 0.4) is 0 Å². The van der Waals surface area contributed by atoms with Crippen molar-refractivity contribution in [3.8, 4) is 0 Å². The molecule has 3 fully saturated rings. The molecule has 3 heterocycles. The third kappa shape index (κ3) is 5.06. The van der Waals surface area contributed by atoms with Crippen molar-refractivity contribution in [3.63, 3.8) is 0 Å². The first-order valence-corrected chi connectivity index (χ1v) is 9.96. The Hall–Kier alpha value is -0.610. The molecule has 0 aromatic rings. The molecular weight excluding hydrogens is 459 g/mol. The summed E-state index contributed by atoms with van der Waals surface area (Å²) >= 11 is 0. The van der Waals surface area contributed by atoms with Gasteiger partial charge in [-0.25, -0.2) is 0 Å². The van der Waals surface area contributed by atoms with Crippen LogP contribution in [0.4, 0.5) is 0 Å². The third-order valence-electron chi connectivity index (χ3n) is 6.40. The summed E-state index contributed by atoms with van der Waals surface area (Å²) in [7, 11) is 3.29. The van der Waals surface area contributed by atoms with E-state index < -0.39 is 0 Å². The number of ether oxygens (including phenoxy) is 2. The molecule has 0 saturated carbocycles. The molecule has 0 bridgehead atoms. The molecule has 1 N–H and O–H groups in total. The molecule has 0 aromatic carbocycles. The minimum absolute atomic E-state index is 0. The number of carbonyl (C=O) groups is 1. The van der Waals surface area contributed by atoms with Crippen molar-refractivity contribution < 1.29 is 14.3 Å². The Morgan fingerprint density at radius 2 is 1.93 bits per heavy atom. The van der Waals surface area contributed by atoms with Crippen LogP contribution in [-0.4, -0.2) is 87.4 Å². The quantitative estimate of drug-likeness (QED) is 0.277. The fraction of sp³-hybridized carbons (Fsp3) is 0.895. The highest BCUT2D eigenvalue weighted by atomic mass is 127. The summed E-state index contributed by atoms with van der Waals surface area (Å²) in [6.07, 6.45) is 4.72. The van der Waals surface area contributed by atoms with E-state index in [0.29, 0.717) is 6.54 Å². The fourth-order valence-corrected chi connectivity index (χ4v) is 4.72. The van der Waals surface area contributed by atoms with Gasteiger partial charge in [-0.3, -0.25) is 14.7 Å². The second-order valence-corrected chi connectivity index (χ2v) is 7.94. The van der Waals surface area contributed by atoms with Crippen LogP contribution in [0, 0.1) is 11.8 Å². The highest BCUT2D eigenvalue weighted by Gasteiger charge is 2.41. The largest absolute Gasteiger partial charge is 0.469 e. The molecule has 0 aliphatic carbocycles. The van der Waals surface area contributed by atoms with Gasteiger partial charge in [-0.05, 0) is 44.7 Å². The Morgan fingerprint density at radius 1 is 1.26 bits per heavy atom. The van der Waals surface area contributed by atoms with E-state index in [1.54, 1.807) is 0 Å². The van der Waals surface area contributed by atoms with Crippen LogP contribution < -0.4 is 5.32 Å². The maximum absolute atomic E-state index is 12.0. The number of nitrogens with one attached hydrogen (secondary N) is 1. The van der Waals surface area contributed by atoms with Crippen LogP contribution in [0.2, 0.25) is 0 Å². The number of methoxy groups -OCH3 is 1. The average Bonchev–Trinajstić information content (AvgIpc) is 3.33. The standard InChI is InChI=1S/C19H34N4O3.HI/c1-15-12-22(13-16(15)17(24)25-3)18(20-2)21-14-19(6-10-26-11-7-19)23-8-4-5-9-23;/h15-16H,4-14H2,1-3H3,(H,20,21);1H. The van der Waals surface area contributed by atoms with E-state index in [9.17, 15) is 4.79 Å². The highest BCUT2D eigenvalue weighted by Crippen LogP contribution is 2.31. The first-order valence-electron chi connectivity index (χ1n) is 9.96. The Balaban J connectivity index is 0.00000261. The van der Waals surface area contributed by atoms with E-state index in [-0.39, 0.29) is 47.3 Å². The third-order valence-corrected chi connectivity index (χ3v) is 6.40. The average molecular weight is 494 g/mol. The second kappa shape index (κ2) is 10.2. The Morgan fingerprint density at radius 3 is 2.52 bits per heavy atom. The summed E-state index contributed by atoms with van der Waals surface area (Å²) in [6.45, 7) is 8.54. The molecule has 156 valence electrons. The van der Waals surface area contributed by atoms with Crippen LogP contribution >= 0.6 is 24.0 Å². The lowest BCUT2D eigenvalue weighted by Crippen LogP contribution is -2.58. The topological polar surface area (TPSA) is 66.4 Å². The van der Waals surface area contributed by atoms with E-state index in [4.69, 9.17) is 9.47 Å². The summed E-state index contributed by atoms with van der Waals surface area (Å²) in [5, 5.41) is 3.62. The zero-order chi connectivity index (χ0) is 18.6. The van der Waals surface area contributed by atoms with Crippen LogP contribution in [0.15, 0.2) is 4.99 Å². The normalized spacial score (nSPS) is 28.7. The van der Waals surface area contributed by atoms with Crippen LogP contribution in [0.1, 0.15) is 32.6 Å². The van der Waals surface area contributed by atoms with Gasteiger partial charge in [0, 0.05) is 45.4 Å². The monoisotopic (exact) mass is 494 g/mol. The lowest BCUT2D eigenvalue weighted by molar-refractivity contribution is -0.145. The number of rotatable bonds is 4. The number of likely N-dealkylation sites (tertiary alicyclic amines) is 2. The minimum Gasteiger partial charge on any atom is -0.469 e. The Kier molecular flexibility index (Phi) is 8.61. The molecule has 0 spiro atoms. The fourth-order valence-electron chi connectivity index (χ4n) is 4.72. The summed E-state index contributed by atoms with van der Waals surface area (Å²) in [6, 6.07) is 0. The number of carbonyl (C=O) groups excluding carboxylic acids is 1. The molecule has 7 nitrogen and oxygen atoms in total. The molecule has 0 aromatic heterocycles. The number of esters is 1. The van der Waals surface area contributed by atoms with E-state index in [1.165, 1.54) is 33.0 Å². The molecule has 0 radical (unpaired) electrons. The Bertz CT molecular complexity index is 519. The zero-order valence-corrected chi connectivity index (χ0v) is 19.2. The number of hydrogen-bond donors (Lipinski definition) is 1. The maximum atomic E-state index is 12.0. The first-order chi connectivity index (χ1) is 12.6. The van der Waals surface area contributed by atoms with Crippen molar-refractivity contribution >= 4 is 35.9 Å². The van der Waals surface area contributed by atoms with Gasteiger partial charge in [0.25, 0.3) is 0 Å². The van der Waals surface area contributed by atoms with Crippen molar-refractivity contribution in [2.45, 2.75) is 38.1 Å². The van der Waals surface area contributed by atoms with E-state index in [0.717, 1.165) is 45.1 Å². The SMILES string of the molecule is CN=C(NCC1(N2CCCC2)CCOCC1)N1CC(C)C(C(=O)OC)C1.I. The maximum Gasteiger partial charge on any atom is 0.310 e. The van der Waals surface area contributed by atoms with Crippen LogP contribution in [0.5, 0.6) is 0 Å². The van der Waals surface area contributed by atoms with Gasteiger partial charge in [0.1, 0.15) is 0 Å². The van der Waals surface area contributed by atoms with Crippen molar-refractivity contribution in [2.24, 2.45) is 16.8 Å². The van der Waals surface area contributed by atoms with Gasteiger partial charge in [0.05, 0.1) is 13.0 Å². The molecule has 3 rings (SSSR count). The minimum atomic E-state index is -0.117. The summed E-state index contributed by atoms with van der Waals surface area (Å²) in [5.41, 5.74) is 0.164. The van der Waals surface area contributed by atoms with Gasteiger partial charge in [0.2, 0.25) is 0 Å². The van der Waals surface area contributed by atoms with Gasteiger partial charge >= 0.3 is 5.97 Å². The van der Waals surface area contributed by atoms with Crippen molar-refractivity contribution in [3.05, 3.63) is 0 Å². The molecule has 2 atom stereocenters. The van der Waals surface area contributed by atoms with Gasteiger partial charge in [-0.1, -0.05) is 6.92 Å². The first kappa shape index (κ1) is 22.7. The molecule has 3 aliphatic heterocycles. The van der Waals surface area contributed by atoms with Crippen molar-refractivity contribution in [2.75, 3.05) is 60.1 Å². The van der Waals surface area contributed by atoms with Gasteiger partial charge in [0.15, 0.2) is 5.96 Å². The van der Waals surface area contributed by atoms with Crippen LogP contribution in [0.25, 0.3) is 0 Å². The number of aliphatic imine (C=N–C) groups is 1. The Labute approximate surface area is 180 Å². The van der Waals surface area contributed by atoms with Gasteiger partial charge in [-0.15, -0.1) is 24.0 Å². The molecule has 0 amide bonds. The molecular formula is C19H35IN4O3. The number of guanidine groups is 1. The number of hydrogen-bond acceptors (Lipinski definition) is 5. The van der Waals surface area contributed by atoms with Gasteiger partial charge in [-0.2, -0.15) is 0 Å². The number of halogens is 1. The van der Waals surface area contributed by atoms with E-state index >= 15 is 0 Å². The van der Waals surface area contributed by atoms with Crippen molar-refractivity contribution in [1.82, 2.24) is 15.1 Å². The van der Waals surface area contributed by atoms with Crippen LogP contribution in [-0.2, 0) is 14.3 Å². The summed E-state index contributed by atoms with van der Waals surface area (Å²) in [4.78, 5) is 21.3. The smallest absolute Gasteiger partial charge is 0.310 e. The summed E-state index contributed by atoms with van der Waals surface area (Å²) in [5.74, 6) is 0.979. The predicted molar refractivity (Wildman–Crippen MR) is 117 cm³/mol. The van der Waals surface area contributed by atoms with Crippen molar-refractivity contribution in [1.29, 1.82) is 0 Å². The lowest BCUT2D eigenvalue weighted by Gasteiger charge is -2.45. The lowest BCUT2D eigenvalue weighted by atomic mass is 9.88. The highest BCUT2D eigenvalue weighted by molar-refractivity contribution is 14.0. The number of nitrogens with zero attached hydrogens (tertiary/aromatic N) is 3. The molecule has 3 aliphatic rings. The van der Waals surface area contributed by atoms with Gasteiger partial charge < -0.3 is 19.7 Å². The molecule has 2 unspecified atom stereocenters.